The first-order valence-electron chi connectivity index (χ1n) is 11.5. The van der Waals surface area contributed by atoms with E-state index in [1.165, 1.54) is 6.07 Å². The van der Waals surface area contributed by atoms with Gasteiger partial charge in [-0.15, -0.1) is 0 Å². The largest absolute Gasteiger partial charge is 0.497 e. The third-order valence-corrected chi connectivity index (χ3v) is 6.05. The molecule has 7 heteroatoms. The topological polar surface area (TPSA) is 70.7 Å². The molecule has 2 aromatic rings. The van der Waals surface area contributed by atoms with Crippen molar-refractivity contribution >= 4 is 11.9 Å². The van der Waals surface area contributed by atoms with Crippen LogP contribution in [0.5, 0.6) is 5.75 Å². The van der Waals surface area contributed by atoms with Gasteiger partial charge in [0.15, 0.2) is 0 Å². The lowest BCUT2D eigenvalue weighted by molar-refractivity contribution is -0.126. The summed E-state index contributed by atoms with van der Waals surface area (Å²) in [6, 6.07) is 12.6. The van der Waals surface area contributed by atoms with E-state index in [1.54, 1.807) is 25.0 Å². The summed E-state index contributed by atoms with van der Waals surface area (Å²) in [6.45, 7) is 6.93. The highest BCUT2D eigenvalue weighted by molar-refractivity contribution is 5.81. The molecule has 1 heterocycles. The number of carbonyl (C=O) groups is 2. The quantitative estimate of drug-likeness (QED) is 0.662. The molecule has 3 amide bonds. The second-order valence-corrected chi connectivity index (χ2v) is 9.04. The summed E-state index contributed by atoms with van der Waals surface area (Å²) in [5.74, 6) is 0.120. The smallest absolute Gasteiger partial charge is 0.317 e. The minimum absolute atomic E-state index is 0.00251. The van der Waals surface area contributed by atoms with Gasteiger partial charge in [-0.1, -0.05) is 24.3 Å². The molecule has 2 N–H and O–H groups in total. The van der Waals surface area contributed by atoms with Crippen LogP contribution in [0.3, 0.4) is 0 Å². The number of amides is 3. The molecule has 0 bridgehead atoms. The van der Waals surface area contributed by atoms with Crippen LogP contribution in [0.15, 0.2) is 42.5 Å². The number of nitrogens with zero attached hydrogens (tertiary/aromatic N) is 1. The van der Waals surface area contributed by atoms with Crippen LogP contribution in [0, 0.1) is 18.7 Å². The van der Waals surface area contributed by atoms with Crippen molar-refractivity contribution in [1.82, 2.24) is 15.5 Å². The number of urea groups is 1. The number of benzene rings is 2. The van der Waals surface area contributed by atoms with Gasteiger partial charge >= 0.3 is 6.03 Å². The molecular weight excluding hydrogens is 421 g/mol. The third-order valence-electron chi connectivity index (χ3n) is 6.05. The first kappa shape index (κ1) is 24.6. The Kier molecular flexibility index (Phi) is 8.31. The molecule has 6 nitrogen and oxygen atoms in total. The average molecular weight is 456 g/mol. The van der Waals surface area contributed by atoms with Crippen LogP contribution in [0.2, 0.25) is 0 Å². The Morgan fingerprint density at radius 2 is 1.88 bits per heavy atom. The number of hydrogen-bond acceptors (Lipinski definition) is 3. The van der Waals surface area contributed by atoms with Crippen molar-refractivity contribution in [2.45, 2.75) is 45.6 Å². The molecule has 33 heavy (non-hydrogen) atoms. The SMILES string of the molecule is COc1ccc(CCNC(=O)[C@@H]2C[C@H](c3ccc(F)c(C)c3)CN(C(=O)NC(C)C)C2)cc1. The molecule has 0 aromatic heterocycles. The van der Waals surface area contributed by atoms with Gasteiger partial charge in [-0.3, -0.25) is 4.79 Å². The number of hydrogen-bond donors (Lipinski definition) is 2. The van der Waals surface area contributed by atoms with E-state index in [-0.39, 0.29) is 35.6 Å². The number of piperidine rings is 1. The molecular formula is C26H34FN3O3. The van der Waals surface area contributed by atoms with Crippen molar-refractivity contribution < 1.29 is 18.7 Å². The minimum Gasteiger partial charge on any atom is -0.497 e. The molecule has 3 rings (SSSR count). The zero-order chi connectivity index (χ0) is 24.0. The number of halogens is 1. The fraction of sp³-hybridized carbons (Fsp3) is 0.462. The van der Waals surface area contributed by atoms with Gasteiger partial charge in [-0.05, 0) is 68.5 Å². The summed E-state index contributed by atoms with van der Waals surface area (Å²) in [4.78, 5) is 27.5. The van der Waals surface area contributed by atoms with Crippen LogP contribution < -0.4 is 15.4 Å². The zero-order valence-electron chi connectivity index (χ0n) is 19.9. The van der Waals surface area contributed by atoms with Gasteiger partial charge in [0, 0.05) is 31.6 Å². The molecule has 178 valence electrons. The van der Waals surface area contributed by atoms with Crippen LogP contribution in [0.4, 0.5) is 9.18 Å². The molecule has 0 spiro atoms. The van der Waals surface area contributed by atoms with E-state index in [0.29, 0.717) is 38.0 Å². The zero-order valence-corrected chi connectivity index (χ0v) is 19.9. The van der Waals surface area contributed by atoms with E-state index in [1.807, 2.05) is 44.2 Å². The normalized spacial score (nSPS) is 18.2. The summed E-state index contributed by atoms with van der Waals surface area (Å²) >= 11 is 0. The second-order valence-electron chi connectivity index (χ2n) is 9.04. The number of rotatable bonds is 7. The van der Waals surface area contributed by atoms with E-state index in [9.17, 15) is 14.0 Å². The molecule has 2 atom stereocenters. The lowest BCUT2D eigenvalue weighted by Crippen LogP contribution is -2.52. The fourth-order valence-electron chi connectivity index (χ4n) is 4.22. The number of nitrogens with one attached hydrogen (secondary N) is 2. The fourth-order valence-corrected chi connectivity index (χ4v) is 4.22. The Morgan fingerprint density at radius 3 is 2.52 bits per heavy atom. The minimum atomic E-state index is -0.331. The maximum atomic E-state index is 13.8. The molecule has 0 radical (unpaired) electrons. The maximum absolute atomic E-state index is 13.8. The number of carbonyl (C=O) groups excluding carboxylic acids is 2. The monoisotopic (exact) mass is 455 g/mol. The number of likely N-dealkylation sites (tertiary alicyclic amines) is 1. The Balaban J connectivity index is 1.67. The van der Waals surface area contributed by atoms with Crippen molar-refractivity contribution in [3.8, 4) is 5.75 Å². The van der Waals surface area contributed by atoms with E-state index in [4.69, 9.17) is 4.74 Å². The standard InChI is InChI=1S/C26H34FN3O3/c1-17(2)29-26(32)30-15-21(20-7-10-24(27)18(3)13-20)14-22(16-30)25(31)28-12-11-19-5-8-23(33-4)9-6-19/h5-10,13,17,21-22H,11-12,14-16H2,1-4H3,(H,28,31)(H,29,32)/t21-,22+/m0/s1. The van der Waals surface area contributed by atoms with Gasteiger partial charge < -0.3 is 20.3 Å². The van der Waals surface area contributed by atoms with E-state index in [2.05, 4.69) is 10.6 Å². The third kappa shape index (κ3) is 6.70. The Labute approximate surface area is 195 Å². The summed E-state index contributed by atoms with van der Waals surface area (Å²) in [6.07, 6.45) is 1.32. The second kappa shape index (κ2) is 11.2. The predicted octanol–water partition coefficient (Wildman–Crippen LogP) is 4.03. The number of ether oxygens (including phenoxy) is 1. The van der Waals surface area contributed by atoms with Gasteiger partial charge in [0.2, 0.25) is 5.91 Å². The van der Waals surface area contributed by atoms with Crippen LogP contribution >= 0.6 is 0 Å². The van der Waals surface area contributed by atoms with Crippen LogP contribution in [0.1, 0.15) is 42.9 Å². The van der Waals surface area contributed by atoms with Gasteiger partial charge in [-0.25, -0.2) is 9.18 Å². The predicted molar refractivity (Wildman–Crippen MR) is 127 cm³/mol. The first-order chi connectivity index (χ1) is 15.8. The maximum Gasteiger partial charge on any atom is 0.317 e. The summed E-state index contributed by atoms with van der Waals surface area (Å²) in [5, 5.41) is 5.96. The van der Waals surface area contributed by atoms with Crippen molar-refractivity contribution in [3.05, 3.63) is 65.0 Å². The van der Waals surface area contributed by atoms with E-state index in [0.717, 1.165) is 16.9 Å². The van der Waals surface area contributed by atoms with Crippen molar-refractivity contribution in [2.75, 3.05) is 26.7 Å². The van der Waals surface area contributed by atoms with Gasteiger partial charge in [0.25, 0.3) is 0 Å². The van der Waals surface area contributed by atoms with Crippen molar-refractivity contribution in [1.29, 1.82) is 0 Å². The Bertz CT molecular complexity index is 962. The summed E-state index contributed by atoms with van der Waals surface area (Å²) in [7, 11) is 1.63. The van der Waals surface area contributed by atoms with Crippen LogP contribution in [-0.2, 0) is 11.2 Å². The highest BCUT2D eigenvalue weighted by Crippen LogP contribution is 2.31. The lowest BCUT2D eigenvalue weighted by Gasteiger charge is -2.38. The van der Waals surface area contributed by atoms with Gasteiger partial charge in [-0.2, -0.15) is 0 Å². The van der Waals surface area contributed by atoms with E-state index < -0.39 is 0 Å². The number of methoxy groups -OCH3 is 1. The van der Waals surface area contributed by atoms with Crippen molar-refractivity contribution in [2.24, 2.45) is 5.92 Å². The average Bonchev–Trinajstić information content (AvgIpc) is 2.80. The highest BCUT2D eigenvalue weighted by Gasteiger charge is 2.34. The Morgan fingerprint density at radius 1 is 1.15 bits per heavy atom. The summed E-state index contributed by atoms with van der Waals surface area (Å²) in [5.41, 5.74) is 2.63. The van der Waals surface area contributed by atoms with E-state index >= 15 is 0 Å². The molecule has 1 fully saturated rings. The van der Waals surface area contributed by atoms with Crippen LogP contribution in [0.25, 0.3) is 0 Å². The molecule has 0 saturated carbocycles. The first-order valence-corrected chi connectivity index (χ1v) is 11.5. The molecule has 2 aromatic carbocycles. The molecule has 1 saturated heterocycles. The number of aryl methyl sites for hydroxylation is 1. The summed E-state index contributed by atoms with van der Waals surface area (Å²) < 4.78 is 19.0. The van der Waals surface area contributed by atoms with Gasteiger partial charge in [0.1, 0.15) is 11.6 Å². The van der Waals surface area contributed by atoms with Crippen LogP contribution in [-0.4, -0.2) is 49.6 Å². The molecule has 0 aliphatic carbocycles. The molecule has 1 aliphatic heterocycles. The lowest BCUT2D eigenvalue weighted by atomic mass is 9.83. The Hall–Kier alpha value is -3.09. The van der Waals surface area contributed by atoms with Gasteiger partial charge in [0.05, 0.1) is 13.0 Å². The van der Waals surface area contributed by atoms with Crippen molar-refractivity contribution in [3.63, 3.8) is 0 Å². The molecule has 1 aliphatic rings. The molecule has 0 unspecified atom stereocenters. The highest BCUT2D eigenvalue weighted by atomic mass is 19.1.